The van der Waals surface area contributed by atoms with Crippen molar-refractivity contribution in [2.24, 2.45) is 0 Å². The maximum Gasteiger partial charge on any atom is 0.325 e. The number of hydrogen-bond acceptors (Lipinski definition) is 4. The Hall–Kier alpha value is -2.96. The molecule has 2 N–H and O–H groups in total. The van der Waals surface area contributed by atoms with Gasteiger partial charge in [0.05, 0.1) is 11.2 Å². The molecule has 0 radical (unpaired) electrons. The van der Waals surface area contributed by atoms with Crippen molar-refractivity contribution in [3.63, 3.8) is 0 Å². The van der Waals surface area contributed by atoms with Crippen LogP contribution >= 0.6 is 0 Å². The second kappa shape index (κ2) is 6.98. The van der Waals surface area contributed by atoms with Gasteiger partial charge in [0, 0.05) is 24.5 Å². The van der Waals surface area contributed by atoms with E-state index in [0.717, 1.165) is 23.7 Å². The lowest BCUT2D eigenvalue weighted by Gasteiger charge is -2.19. The van der Waals surface area contributed by atoms with Gasteiger partial charge in [-0.15, -0.1) is 0 Å². The van der Waals surface area contributed by atoms with Gasteiger partial charge in [0.2, 0.25) is 5.91 Å². The minimum absolute atomic E-state index is 0.135. The zero-order chi connectivity index (χ0) is 18.9. The highest BCUT2D eigenvalue weighted by atomic mass is 16.2. The van der Waals surface area contributed by atoms with Crippen molar-refractivity contribution >= 4 is 34.4 Å². The van der Waals surface area contributed by atoms with Crippen LogP contribution in [-0.2, 0) is 9.59 Å². The first kappa shape index (κ1) is 17.5. The third kappa shape index (κ3) is 3.25. The molecule has 1 aliphatic carbocycles. The fraction of sp³-hybridized carbons (Fsp3) is 0.400. The van der Waals surface area contributed by atoms with Crippen LogP contribution in [0.3, 0.4) is 0 Å². The lowest BCUT2D eigenvalue weighted by atomic mass is 9.98. The summed E-state index contributed by atoms with van der Waals surface area (Å²) >= 11 is 0. The maximum atomic E-state index is 12.6. The van der Waals surface area contributed by atoms with Crippen molar-refractivity contribution in [1.29, 1.82) is 0 Å². The van der Waals surface area contributed by atoms with Crippen molar-refractivity contribution < 1.29 is 14.4 Å². The van der Waals surface area contributed by atoms with Crippen molar-refractivity contribution in [3.05, 3.63) is 36.5 Å². The van der Waals surface area contributed by atoms with Crippen LogP contribution in [0.2, 0.25) is 0 Å². The number of hydrogen-bond donors (Lipinski definition) is 2. The molecular weight excluding hydrogens is 344 g/mol. The molecule has 2 aromatic rings. The van der Waals surface area contributed by atoms with E-state index in [1.165, 1.54) is 4.90 Å². The Kier molecular flexibility index (Phi) is 4.51. The number of aromatic nitrogens is 1. The monoisotopic (exact) mass is 366 g/mol. The van der Waals surface area contributed by atoms with E-state index in [1.807, 2.05) is 30.3 Å². The minimum Gasteiger partial charge on any atom is -0.324 e. The highest BCUT2D eigenvalue weighted by Crippen LogP contribution is 2.35. The van der Waals surface area contributed by atoms with Crippen molar-refractivity contribution in [2.45, 2.75) is 44.1 Å². The Balaban J connectivity index is 1.33. The van der Waals surface area contributed by atoms with Gasteiger partial charge in [-0.25, -0.2) is 4.79 Å². The summed E-state index contributed by atoms with van der Waals surface area (Å²) < 4.78 is 0. The first-order valence-electron chi connectivity index (χ1n) is 9.37. The standard InChI is InChI=1S/C20H22N4O3/c25-16(22-15-8-3-6-14-7-4-12-21-17(14)15)9-5-13-24-18(26)20(23-19(24)27)10-1-2-11-20/h3-4,6-8,12H,1-2,5,9-11,13H2,(H,22,25)(H,23,27). The van der Waals surface area contributed by atoms with Crippen molar-refractivity contribution in [2.75, 3.05) is 11.9 Å². The SMILES string of the molecule is O=C(CCCN1C(=O)NC2(CCCC2)C1=O)Nc1cccc2cccnc12. The molecule has 1 aromatic heterocycles. The summed E-state index contributed by atoms with van der Waals surface area (Å²) in [5, 5.41) is 6.69. The van der Waals surface area contributed by atoms with Crippen molar-refractivity contribution in [3.8, 4) is 0 Å². The van der Waals surface area contributed by atoms with E-state index >= 15 is 0 Å². The summed E-state index contributed by atoms with van der Waals surface area (Å²) in [7, 11) is 0. The van der Waals surface area contributed by atoms with Crippen LogP contribution in [0.4, 0.5) is 10.5 Å². The molecule has 1 spiro atoms. The number of amides is 4. The number of para-hydroxylation sites is 1. The van der Waals surface area contributed by atoms with Crippen LogP contribution in [-0.4, -0.2) is 39.8 Å². The Morgan fingerprint density at radius 1 is 1.19 bits per heavy atom. The summed E-state index contributed by atoms with van der Waals surface area (Å²) in [6.07, 6.45) is 5.69. The van der Waals surface area contributed by atoms with Crippen LogP contribution in [0, 0.1) is 0 Å². The molecule has 7 nitrogen and oxygen atoms in total. The van der Waals surface area contributed by atoms with Gasteiger partial charge in [-0.2, -0.15) is 0 Å². The molecule has 0 bridgehead atoms. The Morgan fingerprint density at radius 2 is 1.96 bits per heavy atom. The van der Waals surface area contributed by atoms with Gasteiger partial charge in [-0.3, -0.25) is 19.5 Å². The van der Waals surface area contributed by atoms with Gasteiger partial charge >= 0.3 is 6.03 Å². The second-order valence-corrected chi connectivity index (χ2v) is 7.21. The maximum absolute atomic E-state index is 12.6. The number of anilines is 1. The molecule has 1 aromatic carbocycles. The van der Waals surface area contributed by atoms with Crippen LogP contribution in [0.1, 0.15) is 38.5 Å². The van der Waals surface area contributed by atoms with E-state index in [9.17, 15) is 14.4 Å². The number of nitrogens with one attached hydrogen (secondary N) is 2. The molecule has 4 amide bonds. The van der Waals surface area contributed by atoms with Gasteiger partial charge in [0.15, 0.2) is 0 Å². The molecule has 1 saturated heterocycles. The number of benzene rings is 1. The van der Waals surface area contributed by atoms with Gasteiger partial charge in [-0.05, 0) is 31.4 Å². The Morgan fingerprint density at radius 3 is 2.78 bits per heavy atom. The second-order valence-electron chi connectivity index (χ2n) is 7.21. The van der Waals surface area contributed by atoms with E-state index in [4.69, 9.17) is 0 Å². The van der Waals surface area contributed by atoms with E-state index in [1.54, 1.807) is 6.20 Å². The highest BCUT2D eigenvalue weighted by molar-refractivity contribution is 6.07. The number of urea groups is 1. The van der Waals surface area contributed by atoms with Gasteiger partial charge in [-0.1, -0.05) is 31.0 Å². The van der Waals surface area contributed by atoms with E-state index in [-0.39, 0.29) is 30.8 Å². The fourth-order valence-electron chi connectivity index (χ4n) is 4.01. The van der Waals surface area contributed by atoms with Crippen LogP contribution in [0.15, 0.2) is 36.5 Å². The first-order valence-corrected chi connectivity index (χ1v) is 9.37. The zero-order valence-electron chi connectivity index (χ0n) is 15.0. The molecule has 140 valence electrons. The molecule has 2 fully saturated rings. The van der Waals surface area contributed by atoms with E-state index < -0.39 is 5.54 Å². The fourth-order valence-corrected chi connectivity index (χ4v) is 4.01. The number of carbonyl (C=O) groups is 3. The number of pyridine rings is 1. The largest absolute Gasteiger partial charge is 0.325 e. The number of carbonyl (C=O) groups excluding carboxylic acids is 3. The first-order chi connectivity index (χ1) is 13.1. The van der Waals surface area contributed by atoms with Crippen LogP contribution in [0.25, 0.3) is 10.9 Å². The topological polar surface area (TPSA) is 91.4 Å². The lowest BCUT2D eigenvalue weighted by molar-refractivity contribution is -0.131. The Labute approximate surface area is 157 Å². The quantitative estimate of drug-likeness (QED) is 0.796. The number of rotatable bonds is 5. The molecule has 0 unspecified atom stereocenters. The number of imide groups is 1. The summed E-state index contributed by atoms with van der Waals surface area (Å²) in [6.45, 7) is 0.258. The summed E-state index contributed by atoms with van der Waals surface area (Å²) in [5.41, 5.74) is 0.720. The van der Waals surface area contributed by atoms with Crippen LogP contribution < -0.4 is 10.6 Å². The molecule has 1 aliphatic heterocycles. The minimum atomic E-state index is -0.687. The van der Waals surface area contributed by atoms with E-state index in [0.29, 0.717) is 24.9 Å². The zero-order valence-corrected chi connectivity index (χ0v) is 15.0. The summed E-state index contributed by atoms with van der Waals surface area (Å²) in [4.78, 5) is 42.6. The molecular formula is C20H22N4O3. The normalized spacial score (nSPS) is 18.3. The average Bonchev–Trinajstić information content (AvgIpc) is 3.22. The van der Waals surface area contributed by atoms with Crippen molar-refractivity contribution in [1.82, 2.24) is 15.2 Å². The molecule has 0 atom stereocenters. The number of fused-ring (bicyclic) bond motifs is 1. The predicted molar refractivity (Wildman–Crippen MR) is 101 cm³/mol. The molecule has 2 aliphatic rings. The van der Waals surface area contributed by atoms with Gasteiger partial charge in [0.25, 0.3) is 5.91 Å². The highest BCUT2D eigenvalue weighted by Gasteiger charge is 2.51. The third-order valence-corrected chi connectivity index (χ3v) is 5.40. The predicted octanol–water partition coefficient (Wildman–Crippen LogP) is 2.82. The van der Waals surface area contributed by atoms with Gasteiger partial charge < -0.3 is 10.6 Å². The summed E-state index contributed by atoms with van der Waals surface area (Å²) in [6, 6.07) is 9.08. The Bertz CT molecular complexity index is 900. The summed E-state index contributed by atoms with van der Waals surface area (Å²) in [5.74, 6) is -0.292. The third-order valence-electron chi connectivity index (χ3n) is 5.40. The molecule has 4 rings (SSSR count). The smallest absolute Gasteiger partial charge is 0.324 e. The lowest BCUT2D eigenvalue weighted by Crippen LogP contribution is -2.44. The van der Waals surface area contributed by atoms with Gasteiger partial charge in [0.1, 0.15) is 5.54 Å². The van der Waals surface area contributed by atoms with Crippen LogP contribution in [0.5, 0.6) is 0 Å². The molecule has 7 heteroatoms. The number of nitrogens with zero attached hydrogens (tertiary/aromatic N) is 2. The van der Waals surface area contributed by atoms with E-state index in [2.05, 4.69) is 15.6 Å². The average molecular weight is 366 g/mol. The molecule has 27 heavy (non-hydrogen) atoms. The molecule has 2 heterocycles. The molecule has 1 saturated carbocycles.